The van der Waals surface area contributed by atoms with Gasteiger partial charge in [-0.1, -0.05) is 46.4 Å². The molecule has 0 unspecified atom stereocenters. The number of aryl methyl sites for hydroxylation is 2. The number of hydrogen-bond acceptors (Lipinski definition) is 5. The molecule has 2 aliphatic rings. The van der Waals surface area contributed by atoms with Crippen molar-refractivity contribution in [2.45, 2.75) is 18.7 Å². The van der Waals surface area contributed by atoms with Crippen LogP contribution in [0.5, 0.6) is 11.5 Å². The highest BCUT2D eigenvalue weighted by molar-refractivity contribution is 7.85. The minimum absolute atomic E-state index is 0.00488. The molecule has 0 N–H and O–H groups in total. The molecular formula is C25H26N2O5S+2. The van der Waals surface area contributed by atoms with E-state index in [0.29, 0.717) is 6.73 Å². The molecular weight excluding hydrogens is 440 g/mol. The second-order valence-corrected chi connectivity index (χ2v) is 9.49. The Morgan fingerprint density at radius 2 is 1.33 bits per heavy atom. The number of hydrogen-bond donors (Lipinski definition) is 0. The number of ether oxygens (including phenoxy) is 2. The summed E-state index contributed by atoms with van der Waals surface area (Å²) in [6, 6.07) is 20.1. The van der Waals surface area contributed by atoms with E-state index in [0.717, 1.165) is 33.8 Å². The van der Waals surface area contributed by atoms with Crippen molar-refractivity contribution in [2.75, 3.05) is 20.6 Å². The Kier molecular flexibility index (Phi) is 6.46. The van der Waals surface area contributed by atoms with Crippen molar-refractivity contribution >= 4 is 22.5 Å². The molecule has 0 spiro atoms. The third-order valence-electron chi connectivity index (χ3n) is 5.31. The van der Waals surface area contributed by atoms with E-state index in [2.05, 4.69) is 0 Å². The standard InChI is InChI=1S/C15H14NO3S.C10H12NO2/c1-12-6-5-7-13-10-16(11-19-15(12)13)20(17,18)14-8-3-2-4-9-14;1-8-4-3-5-9-6-11(12-2)7-13-10(8)9/h2-10H,11H2,1H3;3-6H,7H2,1-2H3/q2*+1. The van der Waals surface area contributed by atoms with Crippen LogP contribution in [0.4, 0.5) is 0 Å². The molecule has 0 aliphatic carbocycles. The van der Waals surface area contributed by atoms with E-state index in [1.54, 1.807) is 48.4 Å². The van der Waals surface area contributed by atoms with Crippen molar-refractivity contribution in [1.82, 2.24) is 0 Å². The van der Waals surface area contributed by atoms with Crippen LogP contribution in [0.15, 0.2) is 71.6 Å². The third-order valence-corrected chi connectivity index (χ3v) is 7.00. The average molecular weight is 467 g/mol. The summed E-state index contributed by atoms with van der Waals surface area (Å²) in [6.07, 6.45) is 3.56. The molecule has 0 amide bonds. The Balaban J connectivity index is 0.000000172. The molecule has 0 radical (unpaired) electrons. The fourth-order valence-corrected chi connectivity index (χ4v) is 4.78. The summed E-state index contributed by atoms with van der Waals surface area (Å²) in [7, 11) is -1.94. The second-order valence-electron chi connectivity index (χ2n) is 7.60. The molecule has 2 aliphatic heterocycles. The summed E-state index contributed by atoms with van der Waals surface area (Å²) in [5.41, 5.74) is 3.99. The van der Waals surface area contributed by atoms with Gasteiger partial charge in [0.05, 0.1) is 11.1 Å². The molecule has 33 heavy (non-hydrogen) atoms. The fourth-order valence-electron chi connectivity index (χ4n) is 3.56. The predicted molar refractivity (Wildman–Crippen MR) is 125 cm³/mol. The van der Waals surface area contributed by atoms with Crippen molar-refractivity contribution in [3.63, 3.8) is 0 Å². The summed E-state index contributed by atoms with van der Waals surface area (Å²) in [6.45, 7) is 4.42. The highest BCUT2D eigenvalue weighted by atomic mass is 32.2. The van der Waals surface area contributed by atoms with Crippen molar-refractivity contribution in [1.29, 1.82) is 0 Å². The Hall–Kier alpha value is -3.65. The van der Waals surface area contributed by atoms with E-state index in [1.807, 2.05) is 56.5 Å². The minimum Gasteiger partial charge on any atom is -0.434 e. The van der Waals surface area contributed by atoms with Gasteiger partial charge in [0.15, 0.2) is 6.21 Å². The first-order valence-corrected chi connectivity index (χ1v) is 11.9. The maximum Gasteiger partial charge on any atom is 0.397 e. The molecule has 0 atom stereocenters. The SMILES string of the molecule is CO[N+]1=Cc2cccc(C)c2OC1.Cc1cccc2c1OC[N+](S(=O)(=O)c1ccccc1)=C2. The molecule has 5 rings (SSSR count). The third kappa shape index (κ3) is 4.75. The Morgan fingerprint density at radius 3 is 1.94 bits per heavy atom. The van der Waals surface area contributed by atoms with E-state index >= 15 is 0 Å². The van der Waals surface area contributed by atoms with Gasteiger partial charge in [-0.25, -0.2) is 0 Å². The van der Waals surface area contributed by atoms with E-state index in [-0.39, 0.29) is 11.6 Å². The van der Waals surface area contributed by atoms with E-state index in [4.69, 9.17) is 14.3 Å². The number of hydroxylamine groups is 1. The number of benzene rings is 3. The Morgan fingerprint density at radius 1 is 0.758 bits per heavy atom. The molecule has 0 bridgehead atoms. The topological polar surface area (TPSA) is 67.8 Å². The van der Waals surface area contributed by atoms with Crippen LogP contribution in [0, 0.1) is 13.8 Å². The summed E-state index contributed by atoms with van der Waals surface area (Å²) in [5, 5.41) is 0. The molecule has 2 heterocycles. The zero-order chi connectivity index (χ0) is 23.4. The van der Waals surface area contributed by atoms with E-state index < -0.39 is 10.0 Å². The first-order valence-electron chi connectivity index (χ1n) is 10.4. The number of rotatable bonds is 3. The summed E-state index contributed by atoms with van der Waals surface area (Å²) < 4.78 is 39.0. The lowest BCUT2D eigenvalue weighted by molar-refractivity contribution is -0.794. The van der Waals surface area contributed by atoms with E-state index in [9.17, 15) is 8.42 Å². The van der Waals surface area contributed by atoms with Gasteiger partial charge in [0.1, 0.15) is 23.5 Å². The van der Waals surface area contributed by atoms with Gasteiger partial charge in [0.2, 0.25) is 6.21 Å². The lowest BCUT2D eigenvalue weighted by atomic mass is 10.1. The van der Waals surface area contributed by atoms with Gasteiger partial charge in [0, 0.05) is 4.74 Å². The van der Waals surface area contributed by atoms with Crippen LogP contribution in [0.2, 0.25) is 0 Å². The number of para-hydroxylation sites is 2. The highest BCUT2D eigenvalue weighted by Gasteiger charge is 2.31. The smallest absolute Gasteiger partial charge is 0.397 e. The maximum atomic E-state index is 12.5. The molecule has 3 aromatic rings. The minimum atomic E-state index is -3.56. The molecule has 0 aromatic heterocycles. The number of nitrogens with zero attached hydrogens (tertiary/aromatic N) is 2. The summed E-state index contributed by atoms with van der Waals surface area (Å²) >= 11 is 0. The highest BCUT2D eigenvalue weighted by Crippen LogP contribution is 2.26. The molecule has 7 nitrogen and oxygen atoms in total. The maximum absolute atomic E-state index is 12.5. The van der Waals surface area contributed by atoms with Crippen molar-refractivity contribution in [2.24, 2.45) is 0 Å². The quantitative estimate of drug-likeness (QED) is 0.553. The van der Waals surface area contributed by atoms with Gasteiger partial charge in [0.25, 0.3) is 0 Å². The number of fused-ring (bicyclic) bond motifs is 2. The molecule has 170 valence electrons. The van der Waals surface area contributed by atoms with Crippen LogP contribution in [0.3, 0.4) is 0 Å². The van der Waals surface area contributed by atoms with Gasteiger partial charge >= 0.3 is 23.5 Å². The molecule has 0 fully saturated rings. The lowest BCUT2D eigenvalue weighted by Gasteiger charge is -2.15. The van der Waals surface area contributed by atoms with Gasteiger partial charge in [-0.2, -0.15) is 8.42 Å². The Bertz CT molecular complexity index is 1330. The fraction of sp³-hybridized carbons (Fsp3) is 0.200. The van der Waals surface area contributed by atoms with Gasteiger partial charge in [-0.3, -0.25) is 4.84 Å². The van der Waals surface area contributed by atoms with Crippen LogP contribution in [-0.4, -0.2) is 50.1 Å². The summed E-state index contributed by atoms with van der Waals surface area (Å²) in [4.78, 5) is 5.30. The molecule has 8 heteroatoms. The Labute approximate surface area is 193 Å². The van der Waals surface area contributed by atoms with Crippen LogP contribution in [0.1, 0.15) is 22.3 Å². The van der Waals surface area contributed by atoms with Gasteiger partial charge in [-0.15, -0.1) is 0 Å². The van der Waals surface area contributed by atoms with Crippen LogP contribution in [0.25, 0.3) is 0 Å². The zero-order valence-electron chi connectivity index (χ0n) is 18.8. The monoisotopic (exact) mass is 466 g/mol. The van der Waals surface area contributed by atoms with Gasteiger partial charge < -0.3 is 9.47 Å². The van der Waals surface area contributed by atoms with Gasteiger partial charge in [-0.05, 0) is 49.2 Å². The normalized spacial score (nSPS) is 14.2. The average Bonchev–Trinajstić information content (AvgIpc) is 2.85. The van der Waals surface area contributed by atoms with Crippen LogP contribution < -0.4 is 9.47 Å². The molecule has 3 aromatic carbocycles. The van der Waals surface area contributed by atoms with Crippen molar-refractivity contribution in [3.8, 4) is 11.5 Å². The second kappa shape index (κ2) is 9.46. The molecule has 0 saturated carbocycles. The predicted octanol–water partition coefficient (Wildman–Crippen LogP) is 3.50. The summed E-state index contributed by atoms with van der Waals surface area (Å²) in [5.74, 6) is 1.70. The van der Waals surface area contributed by atoms with Crippen LogP contribution >= 0.6 is 0 Å². The van der Waals surface area contributed by atoms with E-state index in [1.165, 1.54) is 3.98 Å². The molecule has 0 saturated heterocycles. The first kappa shape index (κ1) is 22.5. The van der Waals surface area contributed by atoms with Crippen LogP contribution in [-0.2, 0) is 14.9 Å². The first-order chi connectivity index (χ1) is 15.9. The lowest BCUT2D eigenvalue weighted by Crippen LogP contribution is -2.30. The van der Waals surface area contributed by atoms with Crippen molar-refractivity contribution < 1.29 is 31.4 Å². The zero-order valence-corrected chi connectivity index (χ0v) is 19.6. The number of sulfonamides is 1. The van der Waals surface area contributed by atoms with Crippen molar-refractivity contribution in [3.05, 3.63) is 89.0 Å². The largest absolute Gasteiger partial charge is 0.434 e.